The molecule has 2 rings (SSSR count). The number of aromatic nitrogens is 1. The third kappa shape index (κ3) is 5.46. The van der Waals surface area contributed by atoms with E-state index in [1.807, 2.05) is 18.2 Å². The minimum atomic E-state index is 0.503. The molecule has 0 radical (unpaired) electrons. The number of nitrogen functional groups attached to an aromatic ring is 1. The number of thiazole rings is 1. The maximum absolute atomic E-state index is 5.72. The molecule has 0 unspecified atom stereocenters. The predicted molar refractivity (Wildman–Crippen MR) is 93.4 cm³/mol. The zero-order valence-electron chi connectivity index (χ0n) is 12.8. The highest BCUT2D eigenvalue weighted by Gasteiger charge is 2.00. The standard InChI is InChI=1S/C16H22N4OS/c1-2-3-6-9-21-11-14-8-5-4-7-13(14)10-18-20-16-19-15(17)12-22-16/h4-5,7-8,10,12H,2-3,6,9,11,17H2,1H3,(H,19,20). The van der Waals surface area contributed by atoms with Crippen molar-refractivity contribution in [1.29, 1.82) is 0 Å². The van der Waals surface area contributed by atoms with E-state index in [2.05, 4.69) is 28.5 Å². The normalized spacial score (nSPS) is 11.1. The summed E-state index contributed by atoms with van der Waals surface area (Å²) < 4.78 is 5.72. The minimum Gasteiger partial charge on any atom is -0.383 e. The Morgan fingerprint density at radius 2 is 2.23 bits per heavy atom. The van der Waals surface area contributed by atoms with Gasteiger partial charge in [-0.3, -0.25) is 5.43 Å². The van der Waals surface area contributed by atoms with E-state index in [-0.39, 0.29) is 0 Å². The van der Waals surface area contributed by atoms with Crippen LogP contribution in [0.3, 0.4) is 0 Å². The molecule has 0 atom stereocenters. The van der Waals surface area contributed by atoms with Crippen molar-refractivity contribution in [3.05, 3.63) is 40.8 Å². The first kappa shape index (κ1) is 16.5. The van der Waals surface area contributed by atoms with Gasteiger partial charge in [-0.2, -0.15) is 5.10 Å². The van der Waals surface area contributed by atoms with E-state index in [1.165, 1.54) is 24.2 Å². The first-order valence-electron chi connectivity index (χ1n) is 7.45. The van der Waals surface area contributed by atoms with E-state index in [9.17, 15) is 0 Å². The van der Waals surface area contributed by atoms with Gasteiger partial charge in [0.15, 0.2) is 0 Å². The van der Waals surface area contributed by atoms with Crippen LogP contribution < -0.4 is 11.2 Å². The van der Waals surface area contributed by atoms with E-state index in [1.54, 1.807) is 11.6 Å². The number of benzene rings is 1. The molecule has 5 nitrogen and oxygen atoms in total. The molecule has 0 aliphatic carbocycles. The molecule has 22 heavy (non-hydrogen) atoms. The smallest absolute Gasteiger partial charge is 0.205 e. The van der Waals surface area contributed by atoms with Crippen molar-refractivity contribution in [3.63, 3.8) is 0 Å². The molecular weight excluding hydrogens is 296 g/mol. The fourth-order valence-corrected chi connectivity index (χ4v) is 2.47. The highest BCUT2D eigenvalue weighted by Crippen LogP contribution is 2.16. The summed E-state index contributed by atoms with van der Waals surface area (Å²) in [6, 6.07) is 8.08. The Bertz CT molecular complexity index is 597. The summed E-state index contributed by atoms with van der Waals surface area (Å²) in [6.45, 7) is 3.60. The largest absolute Gasteiger partial charge is 0.383 e. The van der Waals surface area contributed by atoms with E-state index < -0.39 is 0 Å². The van der Waals surface area contributed by atoms with E-state index in [0.29, 0.717) is 17.6 Å². The molecule has 6 heteroatoms. The Labute approximate surface area is 135 Å². The summed E-state index contributed by atoms with van der Waals surface area (Å²) in [5.41, 5.74) is 10.6. The van der Waals surface area contributed by atoms with Crippen LogP contribution in [-0.4, -0.2) is 17.8 Å². The van der Waals surface area contributed by atoms with Crippen molar-refractivity contribution >= 4 is 28.5 Å². The van der Waals surface area contributed by atoms with Crippen LogP contribution in [0.25, 0.3) is 0 Å². The lowest BCUT2D eigenvalue weighted by atomic mass is 10.1. The van der Waals surface area contributed by atoms with Gasteiger partial charge < -0.3 is 10.5 Å². The fourth-order valence-electron chi connectivity index (χ4n) is 1.92. The van der Waals surface area contributed by atoms with Crippen LogP contribution >= 0.6 is 11.3 Å². The summed E-state index contributed by atoms with van der Waals surface area (Å²) in [5.74, 6) is 0.503. The number of ether oxygens (including phenoxy) is 1. The third-order valence-corrected chi connectivity index (χ3v) is 3.86. The Balaban J connectivity index is 1.87. The summed E-state index contributed by atoms with van der Waals surface area (Å²) in [4.78, 5) is 4.09. The molecule has 0 amide bonds. The molecule has 1 heterocycles. The van der Waals surface area contributed by atoms with Gasteiger partial charge in [0.1, 0.15) is 5.82 Å². The number of hydrazone groups is 1. The molecule has 0 aliphatic heterocycles. The Kier molecular flexibility index (Phi) is 6.86. The van der Waals surface area contributed by atoms with Crippen molar-refractivity contribution < 1.29 is 4.74 Å². The van der Waals surface area contributed by atoms with Crippen LogP contribution in [0.2, 0.25) is 0 Å². The second-order valence-corrected chi connectivity index (χ2v) is 5.76. The fraction of sp³-hybridized carbons (Fsp3) is 0.375. The van der Waals surface area contributed by atoms with Crippen LogP contribution in [0.4, 0.5) is 10.9 Å². The van der Waals surface area contributed by atoms with E-state index in [0.717, 1.165) is 24.2 Å². The van der Waals surface area contributed by atoms with Gasteiger partial charge >= 0.3 is 0 Å². The molecule has 1 aromatic heterocycles. The van der Waals surface area contributed by atoms with Gasteiger partial charge in [0.2, 0.25) is 5.13 Å². The van der Waals surface area contributed by atoms with Crippen molar-refractivity contribution in [2.75, 3.05) is 17.8 Å². The predicted octanol–water partition coefficient (Wildman–Crippen LogP) is 3.88. The third-order valence-electron chi connectivity index (χ3n) is 3.09. The van der Waals surface area contributed by atoms with Gasteiger partial charge in [-0.1, -0.05) is 44.0 Å². The van der Waals surface area contributed by atoms with Crippen LogP contribution in [-0.2, 0) is 11.3 Å². The maximum atomic E-state index is 5.72. The number of anilines is 2. The average Bonchev–Trinajstić information content (AvgIpc) is 2.94. The lowest BCUT2D eigenvalue weighted by molar-refractivity contribution is 0.117. The first-order chi connectivity index (χ1) is 10.8. The number of nitrogens with two attached hydrogens (primary N) is 1. The number of hydrogen-bond donors (Lipinski definition) is 2. The summed E-state index contributed by atoms with van der Waals surface area (Å²) >= 11 is 1.42. The summed E-state index contributed by atoms with van der Waals surface area (Å²) in [5, 5.41) is 6.66. The Morgan fingerprint density at radius 1 is 1.36 bits per heavy atom. The number of hydrogen-bond acceptors (Lipinski definition) is 6. The zero-order chi connectivity index (χ0) is 15.6. The number of nitrogens with one attached hydrogen (secondary N) is 1. The molecule has 0 fully saturated rings. The number of unbranched alkanes of at least 4 members (excludes halogenated alkanes) is 2. The second-order valence-electron chi connectivity index (χ2n) is 4.91. The molecule has 2 aromatic rings. The maximum Gasteiger partial charge on any atom is 0.205 e. The van der Waals surface area contributed by atoms with Crippen LogP contribution in [0.1, 0.15) is 37.3 Å². The average molecular weight is 318 g/mol. The van der Waals surface area contributed by atoms with Gasteiger partial charge in [-0.05, 0) is 12.0 Å². The van der Waals surface area contributed by atoms with E-state index in [4.69, 9.17) is 10.5 Å². The van der Waals surface area contributed by atoms with Crippen LogP contribution in [0, 0.1) is 0 Å². The van der Waals surface area contributed by atoms with Crippen molar-refractivity contribution in [2.24, 2.45) is 5.10 Å². The Morgan fingerprint density at radius 3 is 3.00 bits per heavy atom. The molecule has 0 saturated heterocycles. The van der Waals surface area contributed by atoms with E-state index >= 15 is 0 Å². The molecule has 1 aromatic carbocycles. The molecule has 3 N–H and O–H groups in total. The lowest BCUT2D eigenvalue weighted by Gasteiger charge is -2.07. The molecule has 118 valence electrons. The van der Waals surface area contributed by atoms with Crippen molar-refractivity contribution in [3.8, 4) is 0 Å². The molecule has 0 spiro atoms. The minimum absolute atomic E-state index is 0.503. The van der Waals surface area contributed by atoms with Gasteiger partial charge in [0, 0.05) is 17.6 Å². The highest BCUT2D eigenvalue weighted by molar-refractivity contribution is 7.14. The number of nitrogens with zero attached hydrogens (tertiary/aromatic N) is 2. The molecule has 0 saturated carbocycles. The lowest BCUT2D eigenvalue weighted by Crippen LogP contribution is -2.00. The monoisotopic (exact) mass is 318 g/mol. The second kappa shape index (κ2) is 9.17. The Hall–Kier alpha value is -1.92. The van der Waals surface area contributed by atoms with Crippen molar-refractivity contribution in [1.82, 2.24) is 4.98 Å². The molecular formula is C16H22N4OS. The molecule has 0 aliphatic rings. The van der Waals surface area contributed by atoms with Gasteiger partial charge in [0.25, 0.3) is 0 Å². The summed E-state index contributed by atoms with van der Waals surface area (Å²) in [6.07, 6.45) is 5.31. The van der Waals surface area contributed by atoms with Gasteiger partial charge in [-0.25, -0.2) is 4.98 Å². The van der Waals surface area contributed by atoms with Crippen LogP contribution in [0.15, 0.2) is 34.7 Å². The first-order valence-corrected chi connectivity index (χ1v) is 8.33. The zero-order valence-corrected chi connectivity index (χ0v) is 13.6. The topological polar surface area (TPSA) is 72.5 Å². The molecule has 0 bridgehead atoms. The highest BCUT2D eigenvalue weighted by atomic mass is 32.1. The van der Waals surface area contributed by atoms with Gasteiger partial charge in [-0.15, -0.1) is 11.3 Å². The number of rotatable bonds is 9. The SMILES string of the molecule is CCCCCOCc1ccccc1C=NNc1nc(N)cs1. The quantitative estimate of drug-likeness (QED) is 0.418. The van der Waals surface area contributed by atoms with Crippen LogP contribution in [0.5, 0.6) is 0 Å². The summed E-state index contributed by atoms with van der Waals surface area (Å²) in [7, 11) is 0. The van der Waals surface area contributed by atoms with Gasteiger partial charge in [0.05, 0.1) is 12.8 Å². The van der Waals surface area contributed by atoms with Crippen molar-refractivity contribution in [2.45, 2.75) is 32.8 Å².